The number of rotatable bonds is 2. The minimum absolute atomic E-state index is 0.861. The first-order valence-corrected chi connectivity index (χ1v) is 3.67. The second-order valence-electron chi connectivity index (χ2n) is 2.58. The van der Waals surface area contributed by atoms with E-state index in [0.717, 1.165) is 6.04 Å². The second kappa shape index (κ2) is 3.08. The van der Waals surface area contributed by atoms with Gasteiger partial charge in [-0.25, -0.2) is 0 Å². The molecule has 0 aromatic rings. The van der Waals surface area contributed by atoms with Crippen LogP contribution < -0.4 is 5.32 Å². The van der Waals surface area contributed by atoms with Crippen LogP contribution in [-0.4, -0.2) is 12.6 Å². The fourth-order valence-electron chi connectivity index (χ4n) is 1.35. The normalized spacial score (nSPS) is 28.9. The predicted molar refractivity (Wildman–Crippen MR) is 35.9 cm³/mol. The molecule has 0 saturated carbocycles. The Morgan fingerprint density at radius 1 is 1.62 bits per heavy atom. The van der Waals surface area contributed by atoms with Gasteiger partial charge in [-0.3, -0.25) is 0 Å². The van der Waals surface area contributed by atoms with Crippen molar-refractivity contribution < 1.29 is 0 Å². The van der Waals surface area contributed by atoms with Crippen LogP contribution >= 0.6 is 0 Å². The highest BCUT2D eigenvalue weighted by atomic mass is 14.9. The Balaban J connectivity index is 2.06. The van der Waals surface area contributed by atoms with E-state index in [2.05, 4.69) is 12.2 Å². The maximum absolute atomic E-state index is 3.46. The van der Waals surface area contributed by atoms with Crippen molar-refractivity contribution >= 4 is 0 Å². The zero-order valence-electron chi connectivity index (χ0n) is 5.61. The third-order valence-corrected chi connectivity index (χ3v) is 1.80. The predicted octanol–water partition coefficient (Wildman–Crippen LogP) is 1.54. The van der Waals surface area contributed by atoms with E-state index < -0.39 is 0 Å². The smallest absolute Gasteiger partial charge is 0.00674 e. The summed E-state index contributed by atoms with van der Waals surface area (Å²) in [6, 6.07) is 0.861. The third-order valence-electron chi connectivity index (χ3n) is 1.80. The van der Waals surface area contributed by atoms with Gasteiger partial charge in [-0.15, -0.1) is 0 Å². The molecule has 1 heterocycles. The van der Waals surface area contributed by atoms with Crippen LogP contribution in [0.4, 0.5) is 0 Å². The highest BCUT2D eigenvalue weighted by molar-refractivity contribution is 4.72. The van der Waals surface area contributed by atoms with Gasteiger partial charge in [-0.05, 0) is 25.8 Å². The van der Waals surface area contributed by atoms with Gasteiger partial charge in [0, 0.05) is 6.04 Å². The summed E-state index contributed by atoms with van der Waals surface area (Å²) in [5.74, 6) is 0. The fraction of sp³-hybridized carbons (Fsp3) is 1.00. The van der Waals surface area contributed by atoms with Gasteiger partial charge in [0.15, 0.2) is 0 Å². The maximum atomic E-state index is 3.46. The van der Waals surface area contributed by atoms with Gasteiger partial charge in [-0.2, -0.15) is 0 Å². The van der Waals surface area contributed by atoms with Gasteiger partial charge >= 0.3 is 0 Å². The molecule has 0 aliphatic carbocycles. The molecule has 0 radical (unpaired) electrons. The van der Waals surface area contributed by atoms with Crippen molar-refractivity contribution in [3.63, 3.8) is 0 Å². The van der Waals surface area contributed by atoms with Crippen LogP contribution in [0.25, 0.3) is 0 Å². The van der Waals surface area contributed by atoms with Crippen LogP contribution in [0.15, 0.2) is 0 Å². The van der Waals surface area contributed by atoms with Gasteiger partial charge in [-0.1, -0.05) is 13.3 Å². The van der Waals surface area contributed by atoms with E-state index in [1.807, 2.05) is 0 Å². The van der Waals surface area contributed by atoms with E-state index in [4.69, 9.17) is 0 Å². The van der Waals surface area contributed by atoms with E-state index in [1.54, 1.807) is 0 Å². The Bertz CT molecular complexity index is 55.4. The molecule has 1 saturated heterocycles. The lowest BCUT2D eigenvalue weighted by Crippen LogP contribution is -2.20. The van der Waals surface area contributed by atoms with Crippen molar-refractivity contribution in [2.75, 3.05) is 6.54 Å². The molecule has 1 aliphatic heterocycles. The average molecular weight is 113 g/mol. The Hall–Kier alpha value is -0.0400. The summed E-state index contributed by atoms with van der Waals surface area (Å²) in [6.45, 7) is 3.50. The lowest BCUT2D eigenvalue weighted by molar-refractivity contribution is 0.551. The highest BCUT2D eigenvalue weighted by Crippen LogP contribution is 2.09. The number of hydrogen-bond acceptors (Lipinski definition) is 1. The molecule has 1 rings (SSSR count). The molecule has 1 fully saturated rings. The largest absolute Gasteiger partial charge is 0.314 e. The molecule has 1 unspecified atom stereocenters. The van der Waals surface area contributed by atoms with Crippen molar-refractivity contribution in [1.29, 1.82) is 0 Å². The molecule has 8 heavy (non-hydrogen) atoms. The van der Waals surface area contributed by atoms with E-state index >= 15 is 0 Å². The van der Waals surface area contributed by atoms with Crippen LogP contribution in [0, 0.1) is 0 Å². The van der Waals surface area contributed by atoms with Crippen molar-refractivity contribution in [2.45, 2.75) is 38.6 Å². The van der Waals surface area contributed by atoms with Crippen LogP contribution in [0.5, 0.6) is 0 Å². The van der Waals surface area contributed by atoms with Crippen molar-refractivity contribution in [2.24, 2.45) is 0 Å². The van der Waals surface area contributed by atoms with Gasteiger partial charge < -0.3 is 5.32 Å². The van der Waals surface area contributed by atoms with Crippen LogP contribution in [0.2, 0.25) is 0 Å². The number of nitrogens with one attached hydrogen (secondary N) is 1. The lowest BCUT2D eigenvalue weighted by atomic mass is 10.1. The Kier molecular flexibility index (Phi) is 2.34. The zero-order chi connectivity index (χ0) is 5.82. The molecule has 1 aliphatic rings. The van der Waals surface area contributed by atoms with Crippen molar-refractivity contribution in [3.8, 4) is 0 Å². The summed E-state index contributed by atoms with van der Waals surface area (Å²) in [4.78, 5) is 0. The van der Waals surface area contributed by atoms with Crippen LogP contribution in [0.3, 0.4) is 0 Å². The molecule has 0 amide bonds. The average Bonchev–Trinajstić information content (AvgIpc) is 2.19. The first-order valence-electron chi connectivity index (χ1n) is 3.67. The summed E-state index contributed by atoms with van der Waals surface area (Å²) in [5.41, 5.74) is 0. The van der Waals surface area contributed by atoms with Crippen LogP contribution in [-0.2, 0) is 0 Å². The summed E-state index contributed by atoms with van der Waals surface area (Å²) in [7, 11) is 0. The second-order valence-corrected chi connectivity index (χ2v) is 2.58. The van der Waals surface area contributed by atoms with E-state index in [1.165, 1.54) is 32.2 Å². The maximum Gasteiger partial charge on any atom is 0.00674 e. The summed E-state index contributed by atoms with van der Waals surface area (Å²) in [6.07, 6.45) is 5.51. The molecule has 1 atom stereocenters. The standard InChI is InChI=1S/C7H15N/c1-2-4-7-5-3-6-8-7/h7-8H,2-6H2,1H3. The van der Waals surface area contributed by atoms with E-state index in [9.17, 15) is 0 Å². The molecule has 0 bridgehead atoms. The quantitative estimate of drug-likeness (QED) is 0.572. The molecule has 0 aromatic carbocycles. The topological polar surface area (TPSA) is 12.0 Å². The zero-order valence-corrected chi connectivity index (χ0v) is 5.61. The van der Waals surface area contributed by atoms with E-state index in [-0.39, 0.29) is 0 Å². The lowest BCUT2D eigenvalue weighted by Gasteiger charge is -2.05. The van der Waals surface area contributed by atoms with Crippen LogP contribution in [0.1, 0.15) is 32.6 Å². The minimum atomic E-state index is 0.861. The van der Waals surface area contributed by atoms with Crippen molar-refractivity contribution in [1.82, 2.24) is 5.32 Å². The summed E-state index contributed by atoms with van der Waals surface area (Å²) >= 11 is 0. The number of hydrogen-bond donors (Lipinski definition) is 1. The van der Waals surface area contributed by atoms with Gasteiger partial charge in [0.1, 0.15) is 0 Å². The molecule has 0 aromatic heterocycles. The SMILES string of the molecule is CCCC1CCCN1. The fourth-order valence-corrected chi connectivity index (χ4v) is 1.35. The highest BCUT2D eigenvalue weighted by Gasteiger charge is 2.11. The Labute approximate surface area is 51.5 Å². The first-order chi connectivity index (χ1) is 3.93. The van der Waals surface area contributed by atoms with Gasteiger partial charge in [0.2, 0.25) is 0 Å². The molecule has 48 valence electrons. The molecule has 0 spiro atoms. The minimum Gasteiger partial charge on any atom is -0.314 e. The molecule has 1 nitrogen and oxygen atoms in total. The first kappa shape index (κ1) is 6.09. The summed E-state index contributed by atoms with van der Waals surface area (Å²) in [5, 5.41) is 3.46. The molecular weight excluding hydrogens is 98.1 g/mol. The Morgan fingerprint density at radius 2 is 2.50 bits per heavy atom. The van der Waals surface area contributed by atoms with Gasteiger partial charge in [0.25, 0.3) is 0 Å². The Morgan fingerprint density at radius 3 is 3.00 bits per heavy atom. The third kappa shape index (κ3) is 1.48. The van der Waals surface area contributed by atoms with Crippen molar-refractivity contribution in [3.05, 3.63) is 0 Å². The monoisotopic (exact) mass is 113 g/mol. The molecular formula is C7H15N. The van der Waals surface area contributed by atoms with Gasteiger partial charge in [0.05, 0.1) is 0 Å². The molecule has 1 heteroatoms. The summed E-state index contributed by atoms with van der Waals surface area (Å²) < 4.78 is 0. The molecule has 1 N–H and O–H groups in total. The van der Waals surface area contributed by atoms with E-state index in [0.29, 0.717) is 0 Å².